The first-order valence-corrected chi connectivity index (χ1v) is 11.6. The minimum atomic E-state index is -4.94. The zero-order chi connectivity index (χ0) is 21.0. The van der Waals surface area contributed by atoms with E-state index in [2.05, 4.69) is 0 Å². The molecule has 0 radical (unpaired) electrons. The number of ether oxygens (including phenoxy) is 2. The summed E-state index contributed by atoms with van der Waals surface area (Å²) in [6, 6.07) is 2.60. The Morgan fingerprint density at radius 2 is 1.11 bits per heavy atom. The molecule has 10 nitrogen and oxygen atoms in total. The lowest BCUT2D eigenvalue weighted by Gasteiger charge is -2.24. The van der Waals surface area contributed by atoms with Gasteiger partial charge in [-0.1, -0.05) is 23.5 Å². The maximum absolute atomic E-state index is 11.8. The highest BCUT2D eigenvalue weighted by Gasteiger charge is 2.36. The second-order valence-corrected chi connectivity index (χ2v) is 10.1. The van der Waals surface area contributed by atoms with Gasteiger partial charge in [-0.05, 0) is 12.1 Å². The number of aromatic hydroxyl groups is 2. The molecule has 1 heterocycles. The van der Waals surface area contributed by atoms with Crippen molar-refractivity contribution in [3.63, 3.8) is 0 Å². The van der Waals surface area contributed by atoms with Crippen LogP contribution in [0.5, 0.6) is 23.0 Å². The molecule has 1 aliphatic rings. The molecule has 1 aliphatic heterocycles. The van der Waals surface area contributed by atoms with Gasteiger partial charge in [-0.25, -0.2) is 0 Å². The molecule has 152 valence electrons. The SMILES string of the molecule is COc1cc2c(c(S(=O)(=O)O)c1O)Sc1c(cc(OC)c(O)c1S(=O)(=O)O)S2. The zero-order valence-corrected chi connectivity index (χ0v) is 17.3. The molecule has 0 spiro atoms. The zero-order valence-electron chi connectivity index (χ0n) is 14.0. The van der Waals surface area contributed by atoms with E-state index in [4.69, 9.17) is 9.47 Å². The van der Waals surface area contributed by atoms with E-state index in [9.17, 15) is 36.2 Å². The number of benzene rings is 2. The minimum absolute atomic E-state index is 0.201. The van der Waals surface area contributed by atoms with Gasteiger partial charge in [-0.3, -0.25) is 9.11 Å². The van der Waals surface area contributed by atoms with Crippen molar-refractivity contribution in [2.45, 2.75) is 29.4 Å². The minimum Gasteiger partial charge on any atom is -0.503 e. The quantitative estimate of drug-likeness (QED) is 0.413. The molecule has 4 N–H and O–H groups in total. The van der Waals surface area contributed by atoms with Crippen molar-refractivity contribution in [1.82, 2.24) is 0 Å². The fourth-order valence-corrected chi connectivity index (χ4v) is 7.27. The number of methoxy groups -OCH3 is 2. The van der Waals surface area contributed by atoms with E-state index < -0.39 is 41.5 Å². The number of phenols is 2. The van der Waals surface area contributed by atoms with Crippen LogP contribution in [-0.4, -0.2) is 50.4 Å². The summed E-state index contributed by atoms with van der Waals surface area (Å²) in [6.45, 7) is 0. The van der Waals surface area contributed by atoms with Gasteiger partial charge in [-0.15, -0.1) is 0 Å². The highest BCUT2D eigenvalue weighted by molar-refractivity contribution is 8.05. The van der Waals surface area contributed by atoms with Gasteiger partial charge < -0.3 is 19.7 Å². The van der Waals surface area contributed by atoms with Crippen molar-refractivity contribution in [2.24, 2.45) is 0 Å². The molecule has 3 rings (SSSR count). The van der Waals surface area contributed by atoms with Gasteiger partial charge in [0.2, 0.25) is 0 Å². The Balaban J connectivity index is 2.39. The van der Waals surface area contributed by atoms with Crippen molar-refractivity contribution in [2.75, 3.05) is 14.2 Å². The number of fused-ring (bicyclic) bond motifs is 2. The van der Waals surface area contributed by atoms with Crippen LogP contribution >= 0.6 is 23.5 Å². The Bertz CT molecular complexity index is 1110. The van der Waals surface area contributed by atoms with E-state index >= 15 is 0 Å². The number of phenolic OH excluding ortho intramolecular Hbond substituents is 2. The second kappa shape index (κ2) is 6.89. The Morgan fingerprint density at radius 3 is 1.39 bits per heavy atom. The maximum atomic E-state index is 11.8. The van der Waals surface area contributed by atoms with Crippen LogP contribution in [0.1, 0.15) is 0 Å². The van der Waals surface area contributed by atoms with Crippen LogP contribution in [0.3, 0.4) is 0 Å². The van der Waals surface area contributed by atoms with Crippen LogP contribution in [0, 0.1) is 0 Å². The maximum Gasteiger partial charge on any atom is 0.299 e. The molecule has 2 aromatic carbocycles. The Labute approximate surface area is 168 Å². The smallest absolute Gasteiger partial charge is 0.299 e. The molecule has 0 unspecified atom stereocenters. The summed E-state index contributed by atoms with van der Waals surface area (Å²) >= 11 is 1.39. The van der Waals surface area contributed by atoms with Gasteiger partial charge in [0.05, 0.1) is 24.0 Å². The molecular formula is C14H12O10S4. The van der Waals surface area contributed by atoms with Gasteiger partial charge in [0.1, 0.15) is 0 Å². The standard InChI is InChI=1S/C14H12O10S4/c1-23-5-3-7-11(13(9(5)15)27(17,18)19)26-12-8(25-7)4-6(24-2)10(16)14(12)28(20,21)22/h3-4,15-16H,1-2H3,(H,17,18,19)(H,20,21,22). The fraction of sp³-hybridized carbons (Fsp3) is 0.143. The first-order valence-electron chi connectivity index (χ1n) is 7.08. The van der Waals surface area contributed by atoms with Crippen LogP contribution in [0.4, 0.5) is 0 Å². The van der Waals surface area contributed by atoms with Gasteiger partial charge in [0.15, 0.2) is 32.8 Å². The Morgan fingerprint density at radius 1 is 0.750 bits per heavy atom. The predicted molar refractivity (Wildman–Crippen MR) is 97.2 cm³/mol. The summed E-state index contributed by atoms with van der Waals surface area (Å²) in [7, 11) is -7.53. The van der Waals surface area contributed by atoms with Crippen LogP contribution in [0.15, 0.2) is 41.5 Å². The van der Waals surface area contributed by atoms with Crippen molar-refractivity contribution in [1.29, 1.82) is 0 Å². The lowest BCUT2D eigenvalue weighted by atomic mass is 10.3. The summed E-state index contributed by atoms with van der Waals surface area (Å²) in [5.41, 5.74) is 0. The number of rotatable bonds is 4. The van der Waals surface area contributed by atoms with Crippen molar-refractivity contribution in [3.05, 3.63) is 12.1 Å². The van der Waals surface area contributed by atoms with E-state index in [0.29, 0.717) is 11.8 Å². The highest BCUT2D eigenvalue weighted by atomic mass is 32.2. The highest BCUT2D eigenvalue weighted by Crippen LogP contribution is 2.58. The van der Waals surface area contributed by atoms with Crippen LogP contribution < -0.4 is 9.47 Å². The lowest BCUT2D eigenvalue weighted by Crippen LogP contribution is -2.08. The van der Waals surface area contributed by atoms with E-state index in [1.165, 1.54) is 26.4 Å². The third-order valence-corrected chi connectivity index (χ3v) is 8.34. The molecule has 28 heavy (non-hydrogen) atoms. The van der Waals surface area contributed by atoms with Crippen molar-refractivity contribution < 1.29 is 45.6 Å². The number of hydrogen-bond acceptors (Lipinski definition) is 10. The summed E-state index contributed by atoms with van der Waals surface area (Å²) in [6.07, 6.45) is 0. The largest absolute Gasteiger partial charge is 0.503 e. The van der Waals surface area contributed by atoms with Gasteiger partial charge in [0.25, 0.3) is 20.2 Å². The van der Waals surface area contributed by atoms with Gasteiger partial charge in [-0.2, -0.15) is 16.8 Å². The number of hydrogen-bond donors (Lipinski definition) is 4. The molecule has 2 aromatic rings. The molecule has 0 aliphatic carbocycles. The van der Waals surface area contributed by atoms with Crippen LogP contribution in [0.25, 0.3) is 0 Å². The molecule has 0 fully saturated rings. The molecule has 0 atom stereocenters. The van der Waals surface area contributed by atoms with E-state index in [1.807, 2.05) is 0 Å². The van der Waals surface area contributed by atoms with E-state index in [-0.39, 0.29) is 31.1 Å². The molecule has 0 amide bonds. The predicted octanol–water partition coefficient (Wildman–Crippen LogP) is 2.22. The Hall–Kier alpha value is -1.84. The molecule has 0 saturated heterocycles. The molecule has 14 heteroatoms. The molecular weight excluding hydrogens is 456 g/mol. The third kappa shape index (κ3) is 3.35. The third-order valence-electron chi connectivity index (χ3n) is 3.66. The van der Waals surface area contributed by atoms with Gasteiger partial charge >= 0.3 is 0 Å². The first-order chi connectivity index (χ1) is 12.9. The summed E-state index contributed by atoms with van der Waals surface area (Å²) < 4.78 is 76.3. The summed E-state index contributed by atoms with van der Waals surface area (Å²) in [5.74, 6) is -2.20. The van der Waals surface area contributed by atoms with Crippen molar-refractivity contribution >= 4 is 43.8 Å². The normalized spacial score (nSPS) is 13.6. The lowest BCUT2D eigenvalue weighted by molar-refractivity contribution is 0.358. The van der Waals surface area contributed by atoms with E-state index in [1.54, 1.807) is 0 Å². The average molecular weight is 469 g/mol. The average Bonchev–Trinajstić information content (AvgIpc) is 2.56. The monoisotopic (exact) mass is 468 g/mol. The van der Waals surface area contributed by atoms with E-state index in [0.717, 1.165) is 11.8 Å². The van der Waals surface area contributed by atoms with Crippen LogP contribution in [0.2, 0.25) is 0 Å². The van der Waals surface area contributed by atoms with Crippen LogP contribution in [-0.2, 0) is 20.2 Å². The Kier molecular flexibility index (Phi) is 5.14. The molecule has 0 saturated carbocycles. The summed E-state index contributed by atoms with van der Waals surface area (Å²) in [4.78, 5) is -1.74. The van der Waals surface area contributed by atoms with Gasteiger partial charge in [0, 0.05) is 9.79 Å². The summed E-state index contributed by atoms with van der Waals surface area (Å²) in [5, 5.41) is 20.3. The fourth-order valence-electron chi connectivity index (χ4n) is 2.52. The first kappa shape index (κ1) is 20.9. The topological polar surface area (TPSA) is 168 Å². The van der Waals surface area contributed by atoms with Crippen molar-refractivity contribution in [3.8, 4) is 23.0 Å². The molecule has 0 bridgehead atoms. The molecule has 0 aromatic heterocycles. The second-order valence-electron chi connectivity index (χ2n) is 5.32.